The third-order valence-electron chi connectivity index (χ3n) is 3.69. The van der Waals surface area contributed by atoms with E-state index in [4.69, 9.17) is 5.11 Å². The number of carbonyl (C=O) groups is 1. The second-order valence-electron chi connectivity index (χ2n) is 5.59. The number of thiophene rings is 1. The van der Waals surface area contributed by atoms with Crippen LogP contribution in [0.1, 0.15) is 15.4 Å². The lowest BCUT2D eigenvalue weighted by Gasteiger charge is -2.16. The van der Waals surface area contributed by atoms with Crippen molar-refractivity contribution in [2.24, 2.45) is 0 Å². The molecule has 0 aliphatic carbocycles. The van der Waals surface area contributed by atoms with Gasteiger partial charge in [0, 0.05) is 29.4 Å². The first-order chi connectivity index (χ1) is 12.0. The van der Waals surface area contributed by atoms with E-state index in [0.29, 0.717) is 5.56 Å². The molecule has 7 heteroatoms. The van der Waals surface area contributed by atoms with Crippen LogP contribution in [0.15, 0.2) is 35.7 Å². The molecule has 0 fully saturated rings. The zero-order valence-electron chi connectivity index (χ0n) is 13.8. The molecule has 0 unspecified atom stereocenters. The molecule has 1 aromatic carbocycles. The number of likely N-dealkylation sites (N-methyl/N-ethyl adjacent to an activating group) is 1. The summed E-state index contributed by atoms with van der Waals surface area (Å²) < 4.78 is 14.0. The van der Waals surface area contributed by atoms with Crippen molar-refractivity contribution in [2.75, 3.05) is 20.2 Å². The number of aliphatic hydroxyl groups is 1. The number of hydrogen-bond donors (Lipinski definition) is 1. The van der Waals surface area contributed by atoms with Gasteiger partial charge in [-0.05, 0) is 42.8 Å². The molecule has 25 heavy (non-hydrogen) atoms. The van der Waals surface area contributed by atoms with E-state index in [0.717, 1.165) is 20.5 Å². The van der Waals surface area contributed by atoms with Crippen LogP contribution >= 0.6 is 22.7 Å². The van der Waals surface area contributed by atoms with E-state index < -0.39 is 5.82 Å². The Labute approximate surface area is 153 Å². The minimum absolute atomic E-state index is 0.133. The second-order valence-corrected chi connectivity index (χ2v) is 7.74. The first-order valence-electron chi connectivity index (χ1n) is 7.67. The van der Waals surface area contributed by atoms with Crippen LogP contribution in [0, 0.1) is 12.7 Å². The SMILES string of the molecule is Cc1nc(-c2ccc(-c3cc(F)cc(C(=O)N(C)CCO)c3)s2)cs1. The Morgan fingerprint density at radius 3 is 2.72 bits per heavy atom. The molecule has 0 saturated carbocycles. The molecule has 0 saturated heterocycles. The topological polar surface area (TPSA) is 53.4 Å². The van der Waals surface area contributed by atoms with Gasteiger partial charge in [-0.25, -0.2) is 9.37 Å². The molecule has 3 aromatic rings. The zero-order chi connectivity index (χ0) is 18.0. The number of aliphatic hydroxyl groups excluding tert-OH is 1. The summed E-state index contributed by atoms with van der Waals surface area (Å²) >= 11 is 3.10. The maximum absolute atomic E-state index is 14.0. The number of thiazole rings is 1. The quantitative estimate of drug-likeness (QED) is 0.731. The molecule has 0 radical (unpaired) electrons. The van der Waals surface area contributed by atoms with Crippen LogP contribution in [0.5, 0.6) is 0 Å². The van der Waals surface area contributed by atoms with Crippen LogP contribution < -0.4 is 0 Å². The number of amides is 1. The summed E-state index contributed by atoms with van der Waals surface area (Å²) in [7, 11) is 1.58. The standard InChI is InChI=1S/C18H17FN2O2S2/c1-11-20-15(10-24-11)17-4-3-16(25-17)12-7-13(9-14(19)8-12)18(23)21(2)5-6-22/h3-4,7-10,22H,5-6H2,1-2H3. The first-order valence-corrected chi connectivity index (χ1v) is 9.37. The van der Waals surface area contributed by atoms with Crippen LogP contribution in [-0.4, -0.2) is 41.1 Å². The van der Waals surface area contributed by atoms with Crippen molar-refractivity contribution in [3.63, 3.8) is 0 Å². The molecule has 0 aliphatic rings. The highest BCUT2D eigenvalue weighted by molar-refractivity contribution is 7.19. The average molecular weight is 376 g/mol. The fourth-order valence-corrected chi connectivity index (χ4v) is 4.08. The van der Waals surface area contributed by atoms with E-state index in [2.05, 4.69) is 4.98 Å². The minimum Gasteiger partial charge on any atom is -0.395 e. The molecule has 2 aromatic heterocycles. The summed E-state index contributed by atoms with van der Waals surface area (Å²) in [5, 5.41) is 12.0. The van der Waals surface area contributed by atoms with Crippen LogP contribution in [0.2, 0.25) is 0 Å². The monoisotopic (exact) mass is 376 g/mol. The van der Waals surface area contributed by atoms with Crippen LogP contribution in [0.3, 0.4) is 0 Å². The number of carbonyl (C=O) groups excluding carboxylic acids is 1. The predicted octanol–water partition coefficient (Wildman–Crippen LogP) is 4.05. The Hall–Kier alpha value is -2.09. The Morgan fingerprint density at radius 1 is 1.28 bits per heavy atom. The lowest BCUT2D eigenvalue weighted by molar-refractivity contribution is 0.0766. The van der Waals surface area contributed by atoms with Crippen molar-refractivity contribution < 1.29 is 14.3 Å². The molecule has 0 bridgehead atoms. The Morgan fingerprint density at radius 2 is 2.04 bits per heavy atom. The van der Waals surface area contributed by atoms with Crippen molar-refractivity contribution in [3.8, 4) is 21.0 Å². The van der Waals surface area contributed by atoms with Gasteiger partial charge in [0.2, 0.25) is 0 Å². The van der Waals surface area contributed by atoms with Crippen molar-refractivity contribution in [2.45, 2.75) is 6.92 Å². The van der Waals surface area contributed by atoms with E-state index in [1.807, 2.05) is 24.4 Å². The van der Waals surface area contributed by atoms with Gasteiger partial charge >= 0.3 is 0 Å². The molecule has 0 aliphatic heterocycles. The molecule has 3 rings (SSSR count). The van der Waals surface area contributed by atoms with Crippen LogP contribution in [0.4, 0.5) is 4.39 Å². The van der Waals surface area contributed by atoms with E-state index >= 15 is 0 Å². The summed E-state index contributed by atoms with van der Waals surface area (Å²) in [5.41, 5.74) is 1.84. The molecule has 4 nitrogen and oxygen atoms in total. The Kier molecular flexibility index (Phi) is 5.27. The van der Waals surface area contributed by atoms with Crippen molar-refractivity contribution in [1.29, 1.82) is 0 Å². The van der Waals surface area contributed by atoms with Gasteiger partial charge in [-0.2, -0.15) is 0 Å². The normalized spacial score (nSPS) is 10.9. The Balaban J connectivity index is 1.93. The van der Waals surface area contributed by atoms with E-state index in [1.54, 1.807) is 24.5 Å². The number of aromatic nitrogens is 1. The highest BCUT2D eigenvalue weighted by Crippen LogP contribution is 2.35. The average Bonchev–Trinajstić information content (AvgIpc) is 3.22. The maximum Gasteiger partial charge on any atom is 0.253 e. The molecule has 1 amide bonds. The lowest BCUT2D eigenvalue weighted by Crippen LogP contribution is -2.29. The summed E-state index contributed by atoms with van der Waals surface area (Å²) in [6.45, 7) is 2.03. The van der Waals surface area contributed by atoms with Gasteiger partial charge in [0.05, 0.1) is 22.2 Å². The zero-order valence-corrected chi connectivity index (χ0v) is 15.5. The van der Waals surface area contributed by atoms with Gasteiger partial charge in [-0.3, -0.25) is 4.79 Å². The van der Waals surface area contributed by atoms with Gasteiger partial charge in [0.25, 0.3) is 5.91 Å². The molecular weight excluding hydrogens is 359 g/mol. The first kappa shape index (κ1) is 17.7. The number of halogens is 1. The summed E-state index contributed by atoms with van der Waals surface area (Å²) in [6.07, 6.45) is 0. The molecule has 1 N–H and O–H groups in total. The van der Waals surface area contributed by atoms with Gasteiger partial charge in [-0.1, -0.05) is 0 Å². The third kappa shape index (κ3) is 3.95. The van der Waals surface area contributed by atoms with Crippen LogP contribution in [-0.2, 0) is 0 Å². The van der Waals surface area contributed by atoms with Gasteiger partial charge in [0.15, 0.2) is 0 Å². The smallest absolute Gasteiger partial charge is 0.253 e. The minimum atomic E-state index is -0.460. The fourth-order valence-electron chi connectivity index (χ4n) is 2.43. The lowest BCUT2D eigenvalue weighted by atomic mass is 10.1. The van der Waals surface area contributed by atoms with E-state index in [1.165, 1.54) is 28.4 Å². The van der Waals surface area contributed by atoms with Crippen molar-refractivity contribution >= 4 is 28.6 Å². The predicted molar refractivity (Wildman–Crippen MR) is 99.6 cm³/mol. The molecule has 0 spiro atoms. The van der Waals surface area contributed by atoms with Crippen molar-refractivity contribution in [3.05, 3.63) is 52.1 Å². The second kappa shape index (κ2) is 7.43. The summed E-state index contributed by atoms with van der Waals surface area (Å²) in [6, 6.07) is 8.19. The fraction of sp³-hybridized carbons (Fsp3) is 0.222. The molecule has 2 heterocycles. The molecule has 130 valence electrons. The van der Waals surface area contributed by atoms with E-state index in [-0.39, 0.29) is 24.6 Å². The number of hydrogen-bond acceptors (Lipinski definition) is 5. The highest BCUT2D eigenvalue weighted by Gasteiger charge is 2.15. The largest absolute Gasteiger partial charge is 0.395 e. The summed E-state index contributed by atoms with van der Waals surface area (Å²) in [5.74, 6) is -0.778. The van der Waals surface area contributed by atoms with Crippen LogP contribution in [0.25, 0.3) is 21.0 Å². The third-order valence-corrected chi connectivity index (χ3v) is 5.62. The number of nitrogens with zero attached hydrogens (tertiary/aromatic N) is 2. The van der Waals surface area contributed by atoms with Crippen molar-refractivity contribution in [1.82, 2.24) is 9.88 Å². The number of aryl methyl sites for hydroxylation is 1. The maximum atomic E-state index is 14.0. The number of benzene rings is 1. The van der Waals surface area contributed by atoms with E-state index in [9.17, 15) is 9.18 Å². The van der Waals surface area contributed by atoms with Gasteiger partial charge in [0.1, 0.15) is 5.82 Å². The van der Waals surface area contributed by atoms with Gasteiger partial charge < -0.3 is 10.0 Å². The Bertz CT molecular complexity index is 904. The highest BCUT2D eigenvalue weighted by atomic mass is 32.1. The van der Waals surface area contributed by atoms with Gasteiger partial charge in [-0.15, -0.1) is 22.7 Å². The molecule has 0 atom stereocenters. The number of rotatable bonds is 5. The molecular formula is C18H17FN2O2S2. The summed E-state index contributed by atoms with van der Waals surface area (Å²) in [4.78, 5) is 20.1.